The van der Waals surface area contributed by atoms with E-state index in [0.717, 1.165) is 13.0 Å². The van der Waals surface area contributed by atoms with Crippen molar-refractivity contribution in [1.29, 1.82) is 0 Å². The Bertz CT molecular complexity index is 78.8. The van der Waals surface area contributed by atoms with Crippen LogP contribution < -0.4 is 0 Å². The first kappa shape index (κ1) is 6.39. The zero-order chi connectivity index (χ0) is 5.98. The predicted octanol–water partition coefficient (Wildman–Crippen LogP) is 1.17. The minimum absolute atomic E-state index is 0.213. The Morgan fingerprint density at radius 3 is 2.75 bits per heavy atom. The van der Waals surface area contributed by atoms with Crippen molar-refractivity contribution in [2.75, 3.05) is 13.7 Å². The summed E-state index contributed by atoms with van der Waals surface area (Å²) in [4.78, 5) is 0. The van der Waals surface area contributed by atoms with Crippen molar-refractivity contribution in [2.24, 2.45) is 0 Å². The molecule has 0 amide bonds. The molecule has 0 spiro atoms. The fourth-order valence-corrected chi connectivity index (χ4v) is 1.27. The summed E-state index contributed by atoms with van der Waals surface area (Å²) in [6.07, 6.45) is 2.49. The molecule has 1 heterocycles. The van der Waals surface area contributed by atoms with Gasteiger partial charge in [0.15, 0.2) is 0 Å². The van der Waals surface area contributed by atoms with Crippen LogP contribution in [0, 0.1) is 0 Å². The third-order valence-electron chi connectivity index (χ3n) is 1.42. The van der Waals surface area contributed by atoms with Crippen LogP contribution in [-0.2, 0) is 4.74 Å². The first-order valence-electron chi connectivity index (χ1n) is 2.81. The molecule has 0 saturated carbocycles. The van der Waals surface area contributed by atoms with Gasteiger partial charge in [-0.1, -0.05) is 0 Å². The molecule has 47 valence electrons. The lowest BCUT2D eigenvalue weighted by atomic mass is 10.4. The lowest BCUT2D eigenvalue weighted by Gasteiger charge is -2.13. The molecule has 0 aromatic carbocycles. The highest BCUT2D eigenvalue weighted by Gasteiger charge is 2.20. The van der Waals surface area contributed by atoms with Gasteiger partial charge in [-0.05, 0) is 12.8 Å². The summed E-state index contributed by atoms with van der Waals surface area (Å²) < 4.78 is 6.86. The van der Waals surface area contributed by atoms with E-state index < -0.39 is 0 Å². The van der Waals surface area contributed by atoms with Crippen LogP contribution in [0.1, 0.15) is 12.8 Å². The fraction of sp³-hybridized carbons (Fsp3) is 1.00. The monoisotopic (exact) mass is 132 g/mol. The molecule has 0 N–H and O–H groups in total. The SMILES string of the molecule is COC1CCCN1[S]. The topological polar surface area (TPSA) is 12.5 Å². The third-order valence-corrected chi connectivity index (χ3v) is 1.84. The zero-order valence-corrected chi connectivity index (χ0v) is 5.78. The first-order chi connectivity index (χ1) is 3.84. The Balaban J connectivity index is 2.30. The molecule has 1 unspecified atom stereocenters. The molecule has 1 atom stereocenters. The standard InChI is InChI=1S/C5H10NOS/c1-7-5-3-2-4-6(5)8/h5H,2-4H2,1H3. The highest BCUT2D eigenvalue weighted by molar-refractivity contribution is 7.77. The maximum atomic E-state index is 5.05. The highest BCUT2D eigenvalue weighted by Crippen LogP contribution is 2.18. The second-order valence-electron chi connectivity index (χ2n) is 1.97. The van der Waals surface area contributed by atoms with E-state index in [9.17, 15) is 0 Å². The van der Waals surface area contributed by atoms with Crippen LogP contribution in [-0.4, -0.2) is 24.2 Å². The van der Waals surface area contributed by atoms with Crippen molar-refractivity contribution >= 4 is 12.8 Å². The van der Waals surface area contributed by atoms with E-state index in [1.165, 1.54) is 6.42 Å². The molecule has 1 aliphatic rings. The second kappa shape index (κ2) is 2.71. The van der Waals surface area contributed by atoms with Crippen molar-refractivity contribution in [3.63, 3.8) is 0 Å². The van der Waals surface area contributed by atoms with E-state index >= 15 is 0 Å². The van der Waals surface area contributed by atoms with E-state index in [2.05, 4.69) is 0 Å². The van der Waals surface area contributed by atoms with Crippen LogP contribution >= 0.6 is 12.8 Å². The minimum atomic E-state index is 0.213. The Hall–Kier alpha value is 0.270. The van der Waals surface area contributed by atoms with Gasteiger partial charge in [-0.3, -0.25) is 0 Å². The quantitative estimate of drug-likeness (QED) is 0.531. The molecule has 1 aliphatic heterocycles. The number of nitrogens with zero attached hydrogens (tertiary/aromatic N) is 1. The van der Waals surface area contributed by atoms with Gasteiger partial charge >= 0.3 is 0 Å². The van der Waals surface area contributed by atoms with Crippen LogP contribution in [0.25, 0.3) is 0 Å². The Morgan fingerprint density at radius 1 is 1.75 bits per heavy atom. The molecule has 1 fully saturated rings. The van der Waals surface area contributed by atoms with Gasteiger partial charge in [-0.15, -0.1) is 0 Å². The lowest BCUT2D eigenvalue weighted by molar-refractivity contribution is 0.0470. The number of methoxy groups -OCH3 is 1. The van der Waals surface area contributed by atoms with Crippen molar-refractivity contribution in [3.8, 4) is 0 Å². The van der Waals surface area contributed by atoms with Gasteiger partial charge in [-0.25, -0.2) is 4.31 Å². The molecule has 8 heavy (non-hydrogen) atoms. The zero-order valence-electron chi connectivity index (χ0n) is 4.96. The molecule has 0 aromatic rings. The molecule has 3 heteroatoms. The van der Waals surface area contributed by atoms with Crippen molar-refractivity contribution < 1.29 is 4.74 Å². The van der Waals surface area contributed by atoms with E-state index in [-0.39, 0.29) is 6.23 Å². The molecule has 1 rings (SSSR count). The fourth-order valence-electron chi connectivity index (χ4n) is 0.945. The van der Waals surface area contributed by atoms with Crippen molar-refractivity contribution in [3.05, 3.63) is 0 Å². The van der Waals surface area contributed by atoms with E-state index in [1.807, 2.05) is 4.31 Å². The van der Waals surface area contributed by atoms with Crippen LogP contribution in [0.4, 0.5) is 0 Å². The van der Waals surface area contributed by atoms with Gasteiger partial charge < -0.3 is 4.74 Å². The summed E-state index contributed by atoms with van der Waals surface area (Å²) in [5.41, 5.74) is 0. The molecular weight excluding hydrogens is 122 g/mol. The Labute approximate surface area is 55.4 Å². The van der Waals surface area contributed by atoms with E-state index in [4.69, 9.17) is 17.6 Å². The van der Waals surface area contributed by atoms with Crippen LogP contribution in [0.15, 0.2) is 0 Å². The molecular formula is C5H10NOS. The molecule has 1 radical (unpaired) electrons. The minimum Gasteiger partial charge on any atom is -0.366 e. The maximum absolute atomic E-state index is 5.05. The highest BCUT2D eigenvalue weighted by atomic mass is 32.1. The largest absolute Gasteiger partial charge is 0.366 e. The third kappa shape index (κ3) is 1.16. The van der Waals surface area contributed by atoms with Gasteiger partial charge in [-0.2, -0.15) is 0 Å². The number of hydrogen-bond donors (Lipinski definition) is 0. The second-order valence-corrected chi connectivity index (χ2v) is 2.44. The summed E-state index contributed by atoms with van der Waals surface area (Å²) in [5.74, 6) is 0. The van der Waals surface area contributed by atoms with E-state index in [0.29, 0.717) is 0 Å². The normalized spacial score (nSPS) is 31.5. The lowest BCUT2D eigenvalue weighted by Crippen LogP contribution is -2.21. The first-order valence-corrected chi connectivity index (χ1v) is 3.17. The Kier molecular flexibility index (Phi) is 2.16. The number of hydrogen-bond acceptors (Lipinski definition) is 2. The van der Waals surface area contributed by atoms with Gasteiger partial charge in [0.05, 0.1) is 0 Å². The smallest absolute Gasteiger partial charge is 0.119 e. The van der Waals surface area contributed by atoms with Gasteiger partial charge in [0, 0.05) is 26.5 Å². The average Bonchev–Trinajstić information content (AvgIpc) is 2.14. The molecule has 0 aromatic heterocycles. The molecule has 2 nitrogen and oxygen atoms in total. The molecule has 0 aliphatic carbocycles. The molecule has 1 saturated heterocycles. The van der Waals surface area contributed by atoms with Gasteiger partial charge in [0.25, 0.3) is 0 Å². The maximum Gasteiger partial charge on any atom is 0.119 e. The van der Waals surface area contributed by atoms with E-state index in [1.54, 1.807) is 7.11 Å². The van der Waals surface area contributed by atoms with Crippen LogP contribution in [0.2, 0.25) is 0 Å². The summed E-state index contributed by atoms with van der Waals surface area (Å²) >= 11 is 4.93. The molecule has 0 bridgehead atoms. The van der Waals surface area contributed by atoms with Gasteiger partial charge in [0.1, 0.15) is 6.23 Å². The van der Waals surface area contributed by atoms with Crippen LogP contribution in [0.3, 0.4) is 0 Å². The van der Waals surface area contributed by atoms with Crippen LogP contribution in [0.5, 0.6) is 0 Å². The van der Waals surface area contributed by atoms with Crippen molar-refractivity contribution in [2.45, 2.75) is 19.1 Å². The summed E-state index contributed by atoms with van der Waals surface area (Å²) in [6, 6.07) is 0. The predicted molar refractivity (Wildman–Crippen MR) is 34.3 cm³/mol. The Morgan fingerprint density at radius 2 is 2.50 bits per heavy atom. The van der Waals surface area contributed by atoms with Crippen molar-refractivity contribution in [1.82, 2.24) is 4.31 Å². The average molecular weight is 132 g/mol. The number of rotatable bonds is 1. The summed E-state index contributed by atoms with van der Waals surface area (Å²) in [7, 11) is 1.70. The summed E-state index contributed by atoms with van der Waals surface area (Å²) in [5, 5.41) is 0. The number of ether oxygens (including phenoxy) is 1. The summed E-state index contributed by atoms with van der Waals surface area (Å²) in [6.45, 7) is 1.01. The van der Waals surface area contributed by atoms with Gasteiger partial charge in [0.2, 0.25) is 0 Å².